The first-order valence-electron chi connectivity index (χ1n) is 9.30. The Balaban J connectivity index is 1.46. The van der Waals surface area contributed by atoms with Gasteiger partial charge in [0, 0.05) is 49.3 Å². The van der Waals surface area contributed by atoms with Gasteiger partial charge in [-0.25, -0.2) is 8.42 Å². The van der Waals surface area contributed by atoms with Gasteiger partial charge in [0.15, 0.2) is 0 Å². The maximum Gasteiger partial charge on any atom is 0.243 e. The molecule has 1 saturated heterocycles. The lowest BCUT2D eigenvalue weighted by Crippen LogP contribution is -2.48. The molecule has 2 heterocycles. The second kappa shape index (κ2) is 7.11. The summed E-state index contributed by atoms with van der Waals surface area (Å²) >= 11 is 0. The summed E-state index contributed by atoms with van der Waals surface area (Å²) in [4.78, 5) is 6.16. The Hall–Kier alpha value is -2.15. The zero-order valence-electron chi connectivity index (χ0n) is 15.8. The average molecular weight is 384 g/mol. The molecular weight excluding hydrogens is 358 g/mol. The lowest BCUT2D eigenvalue weighted by Gasteiger charge is -2.34. The number of aromatic amines is 1. The molecule has 4 rings (SSSR count). The number of rotatable bonds is 4. The first-order chi connectivity index (χ1) is 12.9. The van der Waals surface area contributed by atoms with E-state index < -0.39 is 10.0 Å². The van der Waals surface area contributed by atoms with E-state index in [9.17, 15) is 8.42 Å². The van der Waals surface area contributed by atoms with E-state index in [1.54, 1.807) is 16.4 Å². The van der Waals surface area contributed by atoms with Crippen LogP contribution < -0.4 is 0 Å². The predicted molar refractivity (Wildman–Crippen MR) is 108 cm³/mol. The zero-order valence-corrected chi connectivity index (χ0v) is 16.6. The molecule has 142 valence electrons. The maximum absolute atomic E-state index is 12.9. The minimum atomic E-state index is -3.41. The topological polar surface area (TPSA) is 56.4 Å². The van der Waals surface area contributed by atoms with Gasteiger partial charge in [-0.15, -0.1) is 0 Å². The number of nitrogens with one attached hydrogen (secondary N) is 1. The van der Waals surface area contributed by atoms with E-state index in [4.69, 9.17) is 0 Å². The summed E-state index contributed by atoms with van der Waals surface area (Å²) in [6.07, 6.45) is 0. The van der Waals surface area contributed by atoms with Gasteiger partial charge < -0.3 is 4.98 Å². The maximum atomic E-state index is 12.9. The number of fused-ring (bicyclic) bond motifs is 1. The third-order valence-electron chi connectivity index (χ3n) is 5.40. The fourth-order valence-electron chi connectivity index (χ4n) is 3.75. The molecule has 27 heavy (non-hydrogen) atoms. The minimum absolute atomic E-state index is 0.383. The average Bonchev–Trinajstić information content (AvgIpc) is 2.98. The summed E-state index contributed by atoms with van der Waals surface area (Å²) < 4.78 is 27.3. The highest BCUT2D eigenvalue weighted by Crippen LogP contribution is 2.24. The highest BCUT2D eigenvalue weighted by Gasteiger charge is 2.28. The lowest BCUT2D eigenvalue weighted by atomic mass is 10.1. The summed E-state index contributed by atoms with van der Waals surface area (Å²) in [6.45, 7) is 7.44. The summed E-state index contributed by atoms with van der Waals surface area (Å²) in [7, 11) is -3.41. The fraction of sp³-hybridized carbons (Fsp3) is 0.333. The van der Waals surface area contributed by atoms with Crippen LogP contribution in [-0.4, -0.2) is 48.8 Å². The minimum Gasteiger partial charge on any atom is -0.358 e. The van der Waals surface area contributed by atoms with Crippen molar-refractivity contribution in [2.75, 3.05) is 26.2 Å². The fourth-order valence-corrected chi connectivity index (χ4v) is 5.17. The number of hydrogen-bond acceptors (Lipinski definition) is 3. The monoisotopic (exact) mass is 383 g/mol. The number of para-hydroxylation sites is 1. The molecular formula is C21H25N3O2S. The Morgan fingerprint density at radius 1 is 0.926 bits per heavy atom. The number of benzene rings is 2. The highest BCUT2D eigenvalue weighted by atomic mass is 32.2. The van der Waals surface area contributed by atoms with Crippen molar-refractivity contribution in [3.63, 3.8) is 0 Å². The number of sulfonamides is 1. The highest BCUT2D eigenvalue weighted by molar-refractivity contribution is 7.89. The van der Waals surface area contributed by atoms with Gasteiger partial charge in [0.1, 0.15) is 0 Å². The second-order valence-corrected chi connectivity index (χ2v) is 9.21. The van der Waals surface area contributed by atoms with Crippen molar-refractivity contribution in [1.29, 1.82) is 0 Å². The largest absolute Gasteiger partial charge is 0.358 e. The summed E-state index contributed by atoms with van der Waals surface area (Å²) in [5.74, 6) is 0. The Bertz CT molecular complexity index is 1050. The normalized spacial score (nSPS) is 16.8. The number of aromatic nitrogens is 1. The molecule has 0 bridgehead atoms. The first-order valence-corrected chi connectivity index (χ1v) is 10.7. The van der Waals surface area contributed by atoms with Crippen molar-refractivity contribution < 1.29 is 8.42 Å². The van der Waals surface area contributed by atoms with Crippen molar-refractivity contribution in [2.24, 2.45) is 0 Å². The van der Waals surface area contributed by atoms with Crippen LogP contribution in [0.3, 0.4) is 0 Å². The summed E-state index contributed by atoms with van der Waals surface area (Å²) in [5.41, 5.74) is 4.71. The Morgan fingerprint density at radius 2 is 1.59 bits per heavy atom. The molecule has 0 spiro atoms. The van der Waals surface area contributed by atoms with Gasteiger partial charge in [0.25, 0.3) is 0 Å². The van der Waals surface area contributed by atoms with Crippen LogP contribution in [0.4, 0.5) is 0 Å². The molecule has 1 N–H and O–H groups in total. The Morgan fingerprint density at radius 3 is 2.30 bits per heavy atom. The van der Waals surface area contributed by atoms with Gasteiger partial charge >= 0.3 is 0 Å². The van der Waals surface area contributed by atoms with Gasteiger partial charge in [0.2, 0.25) is 10.0 Å². The number of nitrogens with zero attached hydrogens (tertiary/aromatic N) is 2. The van der Waals surface area contributed by atoms with Gasteiger partial charge in [-0.1, -0.05) is 35.9 Å². The van der Waals surface area contributed by atoms with Crippen molar-refractivity contribution in [3.05, 3.63) is 65.4 Å². The first kappa shape index (κ1) is 18.2. The summed E-state index contributed by atoms with van der Waals surface area (Å²) in [5, 5.41) is 1.25. The van der Waals surface area contributed by atoms with Crippen molar-refractivity contribution >= 4 is 20.9 Å². The van der Waals surface area contributed by atoms with Crippen LogP contribution in [0.15, 0.2) is 53.4 Å². The third-order valence-corrected chi connectivity index (χ3v) is 7.31. The molecule has 1 aliphatic rings. The Kier molecular flexibility index (Phi) is 4.80. The van der Waals surface area contributed by atoms with E-state index in [0.717, 1.165) is 30.7 Å². The molecule has 1 aliphatic heterocycles. The molecule has 0 saturated carbocycles. The molecule has 5 nitrogen and oxygen atoms in total. The molecule has 0 radical (unpaired) electrons. The van der Waals surface area contributed by atoms with E-state index in [1.807, 2.05) is 25.1 Å². The molecule has 2 aromatic carbocycles. The Labute approximate surface area is 160 Å². The van der Waals surface area contributed by atoms with Crippen LogP contribution >= 0.6 is 0 Å². The third kappa shape index (κ3) is 3.52. The van der Waals surface area contributed by atoms with E-state index in [2.05, 4.69) is 35.0 Å². The molecule has 1 fully saturated rings. The molecule has 0 amide bonds. The van der Waals surface area contributed by atoms with Crippen LogP contribution in [0.1, 0.15) is 16.8 Å². The van der Waals surface area contributed by atoms with Gasteiger partial charge in [-0.3, -0.25) is 4.90 Å². The van der Waals surface area contributed by atoms with Crippen LogP contribution in [0.5, 0.6) is 0 Å². The van der Waals surface area contributed by atoms with Gasteiger partial charge in [-0.2, -0.15) is 4.31 Å². The molecule has 0 atom stereocenters. The quantitative estimate of drug-likeness (QED) is 0.752. The van der Waals surface area contributed by atoms with Crippen LogP contribution in [0, 0.1) is 13.8 Å². The lowest BCUT2D eigenvalue weighted by molar-refractivity contribution is 0.182. The molecule has 1 aromatic heterocycles. The van der Waals surface area contributed by atoms with Gasteiger partial charge in [0.05, 0.1) is 4.90 Å². The number of hydrogen-bond donors (Lipinski definition) is 1. The van der Waals surface area contributed by atoms with Crippen LogP contribution in [0.2, 0.25) is 0 Å². The molecule has 6 heteroatoms. The SMILES string of the molecule is Cc1ccc(S(=O)(=O)N2CCN(Cc3c(C)[nH]c4ccccc34)CC2)cc1. The number of aryl methyl sites for hydroxylation is 2. The van der Waals surface area contributed by atoms with Crippen molar-refractivity contribution in [1.82, 2.24) is 14.2 Å². The standard InChI is InChI=1S/C21H25N3O2S/c1-16-7-9-18(10-8-16)27(25,26)24-13-11-23(12-14-24)15-20-17(2)22-21-6-4-3-5-19(20)21/h3-10,22H,11-15H2,1-2H3. The predicted octanol–water partition coefficient (Wildman–Crippen LogP) is 3.29. The summed E-state index contributed by atoms with van der Waals surface area (Å²) in [6, 6.07) is 15.4. The molecule has 3 aromatic rings. The van der Waals surface area contributed by atoms with E-state index in [1.165, 1.54) is 16.6 Å². The smallest absolute Gasteiger partial charge is 0.243 e. The zero-order chi connectivity index (χ0) is 19.0. The van der Waals surface area contributed by atoms with Crippen molar-refractivity contribution in [3.8, 4) is 0 Å². The number of piperazine rings is 1. The van der Waals surface area contributed by atoms with Gasteiger partial charge in [-0.05, 0) is 37.6 Å². The molecule has 0 unspecified atom stereocenters. The molecule has 0 aliphatic carbocycles. The number of H-pyrrole nitrogens is 1. The van der Waals surface area contributed by atoms with Crippen LogP contribution in [0.25, 0.3) is 10.9 Å². The van der Waals surface area contributed by atoms with E-state index in [-0.39, 0.29) is 0 Å². The van der Waals surface area contributed by atoms with Crippen LogP contribution in [-0.2, 0) is 16.6 Å². The van der Waals surface area contributed by atoms with E-state index in [0.29, 0.717) is 18.0 Å². The second-order valence-electron chi connectivity index (χ2n) is 7.27. The van der Waals surface area contributed by atoms with Crippen molar-refractivity contribution in [2.45, 2.75) is 25.3 Å². The van der Waals surface area contributed by atoms with E-state index >= 15 is 0 Å².